The van der Waals surface area contributed by atoms with E-state index in [1.54, 1.807) is 30.3 Å². The number of nitrogens with one attached hydrogen (secondary N) is 1. The topological polar surface area (TPSA) is 64.4 Å². The second-order valence-electron chi connectivity index (χ2n) is 5.06. The van der Waals surface area contributed by atoms with E-state index in [0.717, 1.165) is 17.5 Å². The number of hydrogen-bond donors (Lipinski definition) is 2. The van der Waals surface area contributed by atoms with Crippen molar-refractivity contribution in [3.8, 4) is 5.75 Å². The fourth-order valence-electron chi connectivity index (χ4n) is 2.08. The molecule has 0 atom stereocenters. The van der Waals surface area contributed by atoms with Crippen LogP contribution >= 0.6 is 24.0 Å². The number of carbonyl (C=O) groups is 1. The molecule has 24 heavy (non-hydrogen) atoms. The number of amides is 1. The smallest absolute Gasteiger partial charge is 0.255 e. The normalized spacial score (nSPS) is 10.1. The van der Waals surface area contributed by atoms with E-state index in [0.29, 0.717) is 23.9 Å². The minimum absolute atomic E-state index is 0. The number of rotatable bonds is 8. The number of benzene rings is 2. The van der Waals surface area contributed by atoms with Crippen LogP contribution in [0.15, 0.2) is 42.5 Å². The van der Waals surface area contributed by atoms with Crippen molar-refractivity contribution in [2.45, 2.75) is 13.0 Å². The second kappa shape index (κ2) is 10.1. The number of halogens is 3. The molecular weight excluding hydrogens is 354 g/mol. The van der Waals surface area contributed by atoms with Crippen molar-refractivity contribution in [1.29, 1.82) is 0 Å². The van der Waals surface area contributed by atoms with Gasteiger partial charge >= 0.3 is 0 Å². The van der Waals surface area contributed by atoms with E-state index in [-0.39, 0.29) is 24.8 Å². The Morgan fingerprint density at radius 2 is 1.92 bits per heavy atom. The summed E-state index contributed by atoms with van der Waals surface area (Å²) < 4.78 is 18.2. The van der Waals surface area contributed by atoms with Crippen LogP contribution in [0.3, 0.4) is 0 Å². The molecule has 0 aliphatic heterocycles. The Morgan fingerprint density at radius 1 is 1.21 bits per heavy atom. The van der Waals surface area contributed by atoms with E-state index in [1.807, 2.05) is 0 Å². The highest BCUT2D eigenvalue weighted by Crippen LogP contribution is 2.22. The Labute approximate surface area is 151 Å². The first kappa shape index (κ1) is 20.2. The predicted octanol–water partition coefficient (Wildman–Crippen LogP) is 3.10. The lowest BCUT2D eigenvalue weighted by Gasteiger charge is -2.12. The lowest BCUT2D eigenvalue weighted by atomic mass is 10.1. The largest absolute Gasteiger partial charge is 0.483 e. The van der Waals surface area contributed by atoms with Crippen LogP contribution in [0.25, 0.3) is 0 Å². The number of ether oxygens (including phenoxy) is 1. The van der Waals surface area contributed by atoms with Gasteiger partial charge in [-0.05, 0) is 48.9 Å². The molecule has 0 fully saturated rings. The number of carbonyl (C=O) groups excluding carboxylic acids is 1. The van der Waals surface area contributed by atoms with E-state index in [1.165, 1.54) is 12.1 Å². The van der Waals surface area contributed by atoms with Crippen molar-refractivity contribution >= 4 is 29.9 Å². The van der Waals surface area contributed by atoms with Gasteiger partial charge in [0.15, 0.2) is 6.61 Å². The maximum atomic E-state index is 12.8. The van der Waals surface area contributed by atoms with E-state index in [9.17, 15) is 9.18 Å². The van der Waals surface area contributed by atoms with Gasteiger partial charge in [0.25, 0.3) is 5.91 Å². The number of nitrogens with two attached hydrogens (primary N) is 1. The van der Waals surface area contributed by atoms with Crippen molar-refractivity contribution in [1.82, 2.24) is 5.32 Å². The van der Waals surface area contributed by atoms with E-state index < -0.39 is 5.91 Å². The quantitative estimate of drug-likeness (QED) is 0.699. The van der Waals surface area contributed by atoms with Gasteiger partial charge < -0.3 is 15.8 Å². The van der Waals surface area contributed by atoms with Gasteiger partial charge in [-0.2, -0.15) is 0 Å². The molecule has 2 aromatic rings. The summed E-state index contributed by atoms with van der Waals surface area (Å²) >= 11 is 5.99. The van der Waals surface area contributed by atoms with Crippen molar-refractivity contribution < 1.29 is 13.9 Å². The Kier molecular flexibility index (Phi) is 8.54. The molecule has 7 heteroatoms. The summed E-state index contributed by atoms with van der Waals surface area (Å²) in [5.41, 5.74) is 6.98. The lowest BCUT2D eigenvalue weighted by Crippen LogP contribution is -2.21. The Morgan fingerprint density at radius 3 is 2.58 bits per heavy atom. The summed E-state index contributed by atoms with van der Waals surface area (Å²) in [7, 11) is 0. The maximum Gasteiger partial charge on any atom is 0.255 e. The molecule has 0 aliphatic rings. The standard InChI is InChI=1S/C17H18ClFN2O2.ClH/c18-14-3-6-16(23-11-17(20)22)13(9-14)10-21-8-7-12-1-4-15(19)5-2-12;/h1-6,9,21H,7-8,10-11H2,(H2,20,22);1H. The first-order valence-electron chi connectivity index (χ1n) is 7.19. The summed E-state index contributed by atoms with van der Waals surface area (Å²) in [6.07, 6.45) is 0.776. The molecular formula is C17H19Cl2FN2O2. The monoisotopic (exact) mass is 372 g/mol. The highest BCUT2D eigenvalue weighted by molar-refractivity contribution is 6.30. The molecule has 130 valence electrons. The van der Waals surface area contributed by atoms with Crippen LogP contribution < -0.4 is 15.8 Å². The maximum absolute atomic E-state index is 12.8. The van der Waals surface area contributed by atoms with Gasteiger partial charge in [0, 0.05) is 17.1 Å². The molecule has 0 heterocycles. The first-order chi connectivity index (χ1) is 11.0. The first-order valence-corrected chi connectivity index (χ1v) is 7.57. The second-order valence-corrected chi connectivity index (χ2v) is 5.50. The van der Waals surface area contributed by atoms with Crippen LogP contribution in [0.4, 0.5) is 4.39 Å². The van der Waals surface area contributed by atoms with Gasteiger partial charge in [-0.15, -0.1) is 12.4 Å². The molecule has 4 nitrogen and oxygen atoms in total. The van der Waals surface area contributed by atoms with Crippen LogP contribution in [0, 0.1) is 5.82 Å². The van der Waals surface area contributed by atoms with Crippen molar-refractivity contribution in [3.05, 3.63) is 64.4 Å². The van der Waals surface area contributed by atoms with Gasteiger partial charge in [-0.1, -0.05) is 23.7 Å². The fourth-order valence-corrected chi connectivity index (χ4v) is 2.28. The molecule has 0 bridgehead atoms. The van der Waals surface area contributed by atoms with Gasteiger partial charge in [-0.3, -0.25) is 4.79 Å². The average Bonchev–Trinajstić information content (AvgIpc) is 2.52. The zero-order valence-electron chi connectivity index (χ0n) is 12.9. The van der Waals surface area contributed by atoms with Gasteiger partial charge in [0.05, 0.1) is 0 Å². The van der Waals surface area contributed by atoms with Crippen molar-refractivity contribution in [2.24, 2.45) is 5.73 Å². The molecule has 0 spiro atoms. The lowest BCUT2D eigenvalue weighted by molar-refractivity contribution is -0.119. The molecule has 3 N–H and O–H groups in total. The van der Waals surface area contributed by atoms with Gasteiger partial charge in [-0.25, -0.2) is 4.39 Å². The molecule has 0 saturated heterocycles. The predicted molar refractivity (Wildman–Crippen MR) is 95.2 cm³/mol. The number of hydrogen-bond acceptors (Lipinski definition) is 3. The highest BCUT2D eigenvalue weighted by atomic mass is 35.5. The summed E-state index contributed by atoms with van der Waals surface area (Å²) in [5.74, 6) is -0.200. The fraction of sp³-hybridized carbons (Fsp3) is 0.235. The van der Waals surface area contributed by atoms with Crippen molar-refractivity contribution in [3.63, 3.8) is 0 Å². The van der Waals surface area contributed by atoms with Crippen LogP contribution in [0.2, 0.25) is 5.02 Å². The third-order valence-electron chi connectivity index (χ3n) is 3.21. The highest BCUT2D eigenvalue weighted by Gasteiger charge is 2.06. The molecule has 2 rings (SSSR count). The molecule has 2 aromatic carbocycles. The summed E-state index contributed by atoms with van der Waals surface area (Å²) in [5, 5.41) is 3.86. The van der Waals surface area contributed by atoms with Crippen LogP contribution in [-0.2, 0) is 17.8 Å². The number of primary amides is 1. The van der Waals surface area contributed by atoms with Crippen molar-refractivity contribution in [2.75, 3.05) is 13.2 Å². The van der Waals surface area contributed by atoms with Gasteiger partial charge in [0.1, 0.15) is 11.6 Å². The van der Waals surface area contributed by atoms with E-state index in [2.05, 4.69) is 5.32 Å². The third kappa shape index (κ3) is 6.74. The third-order valence-corrected chi connectivity index (χ3v) is 3.45. The van der Waals surface area contributed by atoms with Crippen LogP contribution in [-0.4, -0.2) is 19.1 Å². The van der Waals surface area contributed by atoms with E-state index >= 15 is 0 Å². The Bertz CT molecular complexity index is 666. The molecule has 0 saturated carbocycles. The SMILES string of the molecule is Cl.NC(=O)COc1ccc(Cl)cc1CNCCc1ccc(F)cc1. The Hall–Kier alpha value is -1.82. The zero-order chi connectivity index (χ0) is 16.7. The molecule has 0 radical (unpaired) electrons. The molecule has 1 amide bonds. The molecule has 0 unspecified atom stereocenters. The molecule has 0 aromatic heterocycles. The average molecular weight is 373 g/mol. The minimum Gasteiger partial charge on any atom is -0.483 e. The Balaban J connectivity index is 0.00000288. The summed E-state index contributed by atoms with van der Waals surface area (Å²) in [6, 6.07) is 11.6. The minimum atomic E-state index is -0.532. The van der Waals surface area contributed by atoms with Crippen LogP contribution in [0.1, 0.15) is 11.1 Å². The van der Waals surface area contributed by atoms with Crippen LogP contribution in [0.5, 0.6) is 5.75 Å². The summed E-state index contributed by atoms with van der Waals surface area (Å²) in [6.45, 7) is 1.08. The van der Waals surface area contributed by atoms with Gasteiger partial charge in [0.2, 0.25) is 0 Å². The van der Waals surface area contributed by atoms with E-state index in [4.69, 9.17) is 22.1 Å². The summed E-state index contributed by atoms with van der Waals surface area (Å²) in [4.78, 5) is 10.8. The zero-order valence-corrected chi connectivity index (χ0v) is 14.5. The molecule has 0 aliphatic carbocycles.